The highest BCUT2D eigenvalue weighted by Crippen LogP contribution is 2.56. The Morgan fingerprint density at radius 1 is 0.459 bits per heavy atom. The number of carbonyl (C=O) groups excluding carboxylic acids is 6. The van der Waals surface area contributed by atoms with Crippen molar-refractivity contribution in [3.63, 3.8) is 0 Å². The summed E-state index contributed by atoms with van der Waals surface area (Å²) in [5.74, 6) is -5.28. The van der Waals surface area contributed by atoms with Crippen LogP contribution in [0.4, 0.5) is 0 Å². The Morgan fingerprint density at radius 2 is 0.847 bits per heavy atom. The Balaban J connectivity index is 0.0000155. The lowest BCUT2D eigenvalue weighted by Gasteiger charge is -2.48. The van der Waals surface area contributed by atoms with Gasteiger partial charge in [-0.3, -0.25) is 55.9 Å². The molecule has 0 saturated carbocycles. The monoisotopic (exact) mass is 1580 g/mol. The SMILES string of the molecule is C.CCC(=O)O[C@H](CC)CC(=O)NC1[C@@H](OP(=O)(OCc2ccccc2)OCc2ccccc2)OC(CO[C@@H]2OC(COCc3ccccc3)[C@@H](OP3(=O)OCc4ccccc4CO3)[C@H](OC(=O)C[C@@H](CC)OCc3ccccc3)C2NC(=O)C[C@@H](CC)OC(=O)CC)[C@@H](C)[C@@H]1OC(=O)C[C@@H](CC)OCc1ccccc1. The van der Waals surface area contributed by atoms with Crippen LogP contribution in [0.1, 0.15) is 159 Å². The minimum absolute atomic E-state index is 0. The van der Waals surface area contributed by atoms with Crippen molar-refractivity contribution in [1.29, 1.82) is 0 Å². The molecule has 111 heavy (non-hydrogen) atoms. The highest BCUT2D eigenvalue weighted by Gasteiger charge is 2.56. The van der Waals surface area contributed by atoms with Crippen LogP contribution < -0.4 is 10.6 Å². The number of ether oxygens (including phenoxy) is 10. The van der Waals surface area contributed by atoms with Crippen molar-refractivity contribution >= 4 is 51.3 Å². The fraction of sp³-hybridized carbons (Fsp3) is 0.494. The van der Waals surface area contributed by atoms with Gasteiger partial charge in [0.05, 0.1) is 103 Å². The van der Waals surface area contributed by atoms with E-state index in [1.54, 1.807) is 120 Å². The van der Waals surface area contributed by atoms with Crippen LogP contribution in [0.25, 0.3) is 0 Å². The predicted molar refractivity (Wildman–Crippen MR) is 409 cm³/mol. The van der Waals surface area contributed by atoms with E-state index in [1.165, 1.54) is 0 Å². The van der Waals surface area contributed by atoms with Crippen LogP contribution in [0.2, 0.25) is 0 Å². The number of hydrogen-bond acceptors (Lipinski definition) is 24. The third kappa shape index (κ3) is 28.3. The van der Waals surface area contributed by atoms with E-state index < -0.39 is 156 Å². The molecular formula is C83H108N2O24P2. The van der Waals surface area contributed by atoms with Crippen LogP contribution in [0.5, 0.6) is 0 Å². The van der Waals surface area contributed by atoms with E-state index in [-0.39, 0.29) is 98.6 Å². The van der Waals surface area contributed by atoms with Gasteiger partial charge in [-0.25, -0.2) is 9.13 Å². The molecule has 3 aliphatic rings. The fourth-order valence-electron chi connectivity index (χ4n) is 12.4. The van der Waals surface area contributed by atoms with Gasteiger partial charge < -0.3 is 58.0 Å². The molecule has 0 aromatic heterocycles. The van der Waals surface area contributed by atoms with E-state index in [9.17, 15) is 19.2 Å². The van der Waals surface area contributed by atoms with Gasteiger partial charge in [-0.1, -0.05) is 232 Å². The predicted octanol–water partition coefficient (Wildman–Crippen LogP) is 14.5. The van der Waals surface area contributed by atoms with Crippen LogP contribution in [0.15, 0.2) is 176 Å². The molecular weight excluding hydrogens is 1470 g/mol. The van der Waals surface area contributed by atoms with Crippen molar-refractivity contribution in [2.24, 2.45) is 5.92 Å². The van der Waals surface area contributed by atoms with E-state index in [0.717, 1.165) is 16.7 Å². The van der Waals surface area contributed by atoms with Crippen LogP contribution in [0, 0.1) is 5.92 Å². The summed E-state index contributed by atoms with van der Waals surface area (Å²) in [6.07, 6.45) is -15.0. The molecule has 0 spiro atoms. The number of carbonyl (C=O) groups is 6. The van der Waals surface area contributed by atoms with Crippen molar-refractivity contribution < 1.29 is 112 Å². The largest absolute Gasteiger partial charge is 0.477 e. The molecule has 2 saturated heterocycles. The molecule has 0 radical (unpaired) electrons. The van der Waals surface area contributed by atoms with E-state index >= 15 is 18.7 Å². The Hall–Kier alpha value is -7.88. The molecule has 4 unspecified atom stereocenters. The second-order valence-corrected chi connectivity index (χ2v) is 30.2. The number of esters is 4. The molecule has 2 N–H and O–H groups in total. The molecule has 14 atom stereocenters. The minimum atomic E-state index is -4.95. The van der Waals surface area contributed by atoms with Gasteiger partial charge in [-0.15, -0.1) is 0 Å². The van der Waals surface area contributed by atoms with Gasteiger partial charge >= 0.3 is 39.5 Å². The molecule has 6 aromatic rings. The summed E-state index contributed by atoms with van der Waals surface area (Å²) < 4.78 is 134. The van der Waals surface area contributed by atoms with Crippen LogP contribution in [-0.4, -0.2) is 129 Å². The Labute approximate surface area is 651 Å². The first-order valence-corrected chi connectivity index (χ1v) is 40.7. The Bertz CT molecular complexity index is 3830. The second-order valence-electron chi connectivity index (χ2n) is 27.0. The number of amides is 2. The second kappa shape index (κ2) is 45.7. The van der Waals surface area contributed by atoms with Crippen molar-refractivity contribution in [1.82, 2.24) is 10.6 Å². The molecule has 2 fully saturated rings. The maximum Gasteiger partial charge on any atom is 0.477 e. The average molecular weight is 1580 g/mol. The lowest BCUT2D eigenvalue weighted by atomic mass is 9.88. The van der Waals surface area contributed by atoms with Gasteiger partial charge in [0.25, 0.3) is 0 Å². The first-order valence-electron chi connectivity index (χ1n) is 37.8. The van der Waals surface area contributed by atoms with Gasteiger partial charge in [-0.05, 0) is 64.6 Å². The van der Waals surface area contributed by atoms with Gasteiger partial charge in [0.15, 0.2) is 18.7 Å². The normalized spacial score (nSPS) is 21.9. The third-order valence-electron chi connectivity index (χ3n) is 18.8. The summed E-state index contributed by atoms with van der Waals surface area (Å²) in [6.45, 7) is 10.3. The third-order valence-corrected chi connectivity index (χ3v) is 21.6. The molecule has 28 heteroatoms. The minimum Gasteiger partial charge on any atom is -0.462 e. The molecule has 9 rings (SSSR count). The van der Waals surface area contributed by atoms with E-state index in [1.807, 2.05) is 105 Å². The standard InChI is InChI=1S/C82H104N2O24P2.CH4/c1-8-64(94-48-58-33-21-15-22-34-58)45-74(89)105-78-56(7)68(103-82(76(78)83-70(85)43-66(10-3)101-72(87)12-5)108-110(92,97-50-60-37-25-17-26-38-60)98-51-61-39-27-18-28-40-61)55-96-81-77(84-71(86)44-67(11-4)102-73(88)13-6)80(106-75(90)46-65(9-2)95-49-59-35-23-16-24-36-59)79(69(104-81)54-93-47-57-31-19-14-20-32-57)107-109(91)99-52-62-41-29-30-42-63(62)53-100-109;/h14-42,56,64-69,76-82H,8-13,43-55H2,1-7H3,(H,83,85)(H,84,86);1H4/t56-,64-,65-,66-,67-,68?,69?,76?,77?,78+,79-,80-,81-,82-;/m1./s1. The Morgan fingerprint density at radius 3 is 1.27 bits per heavy atom. The zero-order chi connectivity index (χ0) is 78.3. The van der Waals surface area contributed by atoms with Crippen molar-refractivity contribution in [3.05, 3.63) is 215 Å². The number of hydrogen-bond donors (Lipinski definition) is 2. The van der Waals surface area contributed by atoms with Gasteiger partial charge in [0, 0.05) is 18.8 Å². The van der Waals surface area contributed by atoms with Crippen molar-refractivity contribution in [3.8, 4) is 0 Å². The average Bonchev–Trinajstić information content (AvgIpc) is 1.14. The highest BCUT2D eigenvalue weighted by atomic mass is 31.2. The molecule has 0 aliphatic carbocycles. The molecule has 0 bridgehead atoms. The molecule has 3 aliphatic heterocycles. The van der Waals surface area contributed by atoms with Gasteiger partial charge in [-0.2, -0.15) is 0 Å². The summed E-state index contributed by atoms with van der Waals surface area (Å²) in [7, 11) is -9.71. The number of phosphoric acid groups is 2. The zero-order valence-corrected chi connectivity index (χ0v) is 65.2. The van der Waals surface area contributed by atoms with Crippen LogP contribution in [-0.2, 0) is 159 Å². The fourth-order valence-corrected chi connectivity index (χ4v) is 15.0. The topological polar surface area (TPSA) is 308 Å². The number of nitrogens with one attached hydrogen (secondary N) is 2. The van der Waals surface area contributed by atoms with E-state index in [4.69, 9.17) is 74.5 Å². The van der Waals surface area contributed by atoms with Crippen molar-refractivity contribution in [2.45, 2.75) is 246 Å². The smallest absolute Gasteiger partial charge is 0.462 e. The molecule has 2 amide bonds. The maximum absolute atomic E-state index is 15.8. The first kappa shape index (κ1) is 88.7. The number of phosphoric ester groups is 2. The highest BCUT2D eigenvalue weighted by molar-refractivity contribution is 7.48. The Kier molecular flexibility index (Phi) is 36.5. The van der Waals surface area contributed by atoms with Crippen LogP contribution in [0.3, 0.4) is 0 Å². The number of rotatable bonds is 43. The maximum atomic E-state index is 15.8. The lowest BCUT2D eigenvalue weighted by Crippen LogP contribution is -2.67. The van der Waals surface area contributed by atoms with E-state index in [2.05, 4.69) is 10.6 Å². The first-order chi connectivity index (χ1) is 53.3. The summed E-state index contributed by atoms with van der Waals surface area (Å²) in [5.41, 5.74) is 4.91. The van der Waals surface area contributed by atoms with Gasteiger partial charge in [0.2, 0.25) is 11.8 Å². The lowest BCUT2D eigenvalue weighted by molar-refractivity contribution is -0.293. The van der Waals surface area contributed by atoms with Crippen LogP contribution >= 0.6 is 15.6 Å². The molecule has 26 nitrogen and oxygen atoms in total. The summed E-state index contributed by atoms with van der Waals surface area (Å²) in [5, 5.41) is 5.90. The molecule has 6 aromatic carbocycles. The van der Waals surface area contributed by atoms with Gasteiger partial charge in [0.1, 0.15) is 42.6 Å². The molecule has 604 valence electrons. The summed E-state index contributed by atoms with van der Waals surface area (Å²) in [6, 6.07) is 49.5. The quantitative estimate of drug-likeness (QED) is 0.0204. The number of benzene rings is 6. The van der Waals surface area contributed by atoms with E-state index in [0.29, 0.717) is 35.1 Å². The molecule has 3 heterocycles. The zero-order valence-electron chi connectivity index (χ0n) is 63.5. The summed E-state index contributed by atoms with van der Waals surface area (Å²) >= 11 is 0. The number of fused-ring (bicyclic) bond motifs is 1. The van der Waals surface area contributed by atoms with Crippen molar-refractivity contribution in [2.75, 3.05) is 13.2 Å². The summed E-state index contributed by atoms with van der Waals surface area (Å²) in [4.78, 5) is 85.4.